The monoisotopic (exact) mass is 443 g/mol. The fourth-order valence-electron chi connectivity index (χ4n) is 2.88. The Morgan fingerprint density at radius 1 is 0.839 bits per heavy atom. The van der Waals surface area contributed by atoms with Gasteiger partial charge in [0, 0.05) is 0 Å². The maximum atomic E-state index is 12.8. The van der Waals surface area contributed by atoms with E-state index in [9.17, 15) is 24.3 Å². The second kappa shape index (κ2) is 14.7. The summed E-state index contributed by atoms with van der Waals surface area (Å²) >= 11 is 0. The summed E-state index contributed by atoms with van der Waals surface area (Å²) in [6.07, 6.45) is 2.83. The van der Waals surface area contributed by atoms with Crippen LogP contribution in [0.15, 0.2) is 0 Å². The van der Waals surface area contributed by atoms with Gasteiger partial charge in [0.25, 0.3) is 0 Å². The molecule has 0 aromatic heterocycles. The molecule has 0 rings (SSSR count). The van der Waals surface area contributed by atoms with Gasteiger partial charge in [-0.2, -0.15) is 0 Å². The maximum Gasteiger partial charge on any atom is 0.326 e. The van der Waals surface area contributed by atoms with Crippen molar-refractivity contribution in [2.75, 3.05) is 6.54 Å². The molecule has 0 aromatic rings. The van der Waals surface area contributed by atoms with Crippen LogP contribution in [0.2, 0.25) is 0 Å². The summed E-state index contributed by atoms with van der Waals surface area (Å²) in [4.78, 5) is 49.2. The van der Waals surface area contributed by atoms with E-state index >= 15 is 0 Å². The molecule has 0 aliphatic carbocycles. The first-order valence-electron chi connectivity index (χ1n) is 11.1. The molecule has 0 saturated heterocycles. The minimum absolute atomic E-state index is 0.0430. The third-order valence-corrected chi connectivity index (χ3v) is 5.67. The normalized spacial score (nSPS) is 16.9. The van der Waals surface area contributed by atoms with E-state index < -0.39 is 47.9 Å². The SMILES string of the molecule is CCC(C)C(N)C(=O)NC(C)C(=O)NC(CCCCN)C(=O)NC(C(=O)O)C(C)CC. The van der Waals surface area contributed by atoms with E-state index in [1.807, 2.05) is 20.8 Å². The standard InChI is InChI=1S/C21H41N5O5/c1-6-12(3)16(23)20(29)24-14(5)18(27)25-15(10-8-9-11-22)19(28)26-17(21(30)31)13(4)7-2/h12-17H,6-11,22-23H2,1-5H3,(H,24,29)(H,25,27)(H,26,28)(H,30,31). The van der Waals surface area contributed by atoms with Crippen LogP contribution >= 0.6 is 0 Å². The summed E-state index contributed by atoms with van der Waals surface area (Å²) in [5.41, 5.74) is 11.4. The summed E-state index contributed by atoms with van der Waals surface area (Å²) in [5.74, 6) is -3.01. The Bertz CT molecular complexity index is 601. The molecule has 6 unspecified atom stereocenters. The third kappa shape index (κ3) is 10.1. The summed E-state index contributed by atoms with van der Waals surface area (Å²) < 4.78 is 0. The van der Waals surface area contributed by atoms with Crippen molar-refractivity contribution in [3.05, 3.63) is 0 Å². The molecular weight excluding hydrogens is 402 g/mol. The third-order valence-electron chi connectivity index (χ3n) is 5.67. The number of hydrogen-bond donors (Lipinski definition) is 6. The number of carboxylic acids is 1. The number of nitrogens with one attached hydrogen (secondary N) is 3. The van der Waals surface area contributed by atoms with Crippen molar-refractivity contribution >= 4 is 23.7 Å². The Kier molecular flexibility index (Phi) is 13.7. The van der Waals surface area contributed by atoms with Crippen molar-refractivity contribution in [2.24, 2.45) is 23.3 Å². The first-order valence-corrected chi connectivity index (χ1v) is 11.1. The van der Waals surface area contributed by atoms with E-state index in [-0.39, 0.29) is 11.8 Å². The predicted molar refractivity (Wildman–Crippen MR) is 119 cm³/mol. The molecule has 0 aliphatic rings. The quantitative estimate of drug-likeness (QED) is 0.194. The number of rotatable bonds is 15. The van der Waals surface area contributed by atoms with E-state index in [1.54, 1.807) is 6.92 Å². The van der Waals surface area contributed by atoms with Crippen molar-refractivity contribution in [2.45, 2.75) is 90.9 Å². The molecule has 0 fully saturated rings. The number of carboxylic acid groups (broad SMARTS) is 1. The highest BCUT2D eigenvalue weighted by Gasteiger charge is 2.31. The molecule has 0 heterocycles. The largest absolute Gasteiger partial charge is 0.480 e. The highest BCUT2D eigenvalue weighted by molar-refractivity contribution is 5.93. The van der Waals surface area contributed by atoms with Crippen LogP contribution in [-0.2, 0) is 19.2 Å². The van der Waals surface area contributed by atoms with Crippen molar-refractivity contribution in [3.8, 4) is 0 Å². The molecule has 8 N–H and O–H groups in total. The second-order valence-corrected chi connectivity index (χ2v) is 8.20. The van der Waals surface area contributed by atoms with Gasteiger partial charge in [0.05, 0.1) is 6.04 Å². The molecule has 0 aliphatic heterocycles. The zero-order chi connectivity index (χ0) is 24.1. The van der Waals surface area contributed by atoms with Gasteiger partial charge in [-0.15, -0.1) is 0 Å². The van der Waals surface area contributed by atoms with Gasteiger partial charge in [0.15, 0.2) is 0 Å². The van der Waals surface area contributed by atoms with Crippen LogP contribution in [0.5, 0.6) is 0 Å². The van der Waals surface area contributed by atoms with Crippen molar-refractivity contribution in [1.29, 1.82) is 0 Å². The molecule has 0 saturated carbocycles. The smallest absolute Gasteiger partial charge is 0.326 e. The molecule has 0 spiro atoms. The van der Waals surface area contributed by atoms with Gasteiger partial charge in [-0.1, -0.05) is 40.5 Å². The van der Waals surface area contributed by atoms with Gasteiger partial charge < -0.3 is 32.5 Å². The zero-order valence-corrected chi connectivity index (χ0v) is 19.4. The molecule has 31 heavy (non-hydrogen) atoms. The van der Waals surface area contributed by atoms with Gasteiger partial charge in [-0.3, -0.25) is 14.4 Å². The summed E-state index contributed by atoms with van der Waals surface area (Å²) in [5, 5.41) is 17.2. The highest BCUT2D eigenvalue weighted by atomic mass is 16.4. The Hall–Kier alpha value is -2.20. The van der Waals surface area contributed by atoms with Crippen LogP contribution < -0.4 is 27.4 Å². The summed E-state index contributed by atoms with van der Waals surface area (Å²) in [6.45, 7) is 9.28. The number of amides is 3. The Labute approximate surface area is 185 Å². The highest BCUT2D eigenvalue weighted by Crippen LogP contribution is 2.10. The van der Waals surface area contributed by atoms with E-state index in [0.717, 1.165) is 6.42 Å². The van der Waals surface area contributed by atoms with Crippen LogP contribution in [-0.4, -0.2) is 59.5 Å². The number of unbranched alkanes of at least 4 members (excludes halogenated alkanes) is 1. The minimum atomic E-state index is -1.13. The lowest BCUT2D eigenvalue weighted by molar-refractivity contribution is -0.144. The number of hydrogen-bond acceptors (Lipinski definition) is 6. The molecule has 3 amide bonds. The molecule has 0 aromatic carbocycles. The summed E-state index contributed by atoms with van der Waals surface area (Å²) in [7, 11) is 0. The van der Waals surface area contributed by atoms with Crippen LogP contribution in [0.25, 0.3) is 0 Å². The average Bonchev–Trinajstić information content (AvgIpc) is 2.74. The van der Waals surface area contributed by atoms with E-state index in [2.05, 4.69) is 16.0 Å². The lowest BCUT2D eigenvalue weighted by Gasteiger charge is -2.26. The Morgan fingerprint density at radius 3 is 1.90 bits per heavy atom. The number of aliphatic carboxylic acids is 1. The fourth-order valence-corrected chi connectivity index (χ4v) is 2.88. The van der Waals surface area contributed by atoms with Gasteiger partial charge in [-0.05, 0) is 44.6 Å². The van der Waals surface area contributed by atoms with Gasteiger partial charge in [0.2, 0.25) is 17.7 Å². The Balaban J connectivity index is 5.19. The fraction of sp³-hybridized carbons (Fsp3) is 0.810. The molecule has 6 atom stereocenters. The molecule has 0 bridgehead atoms. The maximum absolute atomic E-state index is 12.8. The molecule has 10 heteroatoms. The molecule has 180 valence electrons. The number of nitrogens with two attached hydrogens (primary N) is 2. The lowest BCUT2D eigenvalue weighted by Crippen LogP contribution is -2.57. The van der Waals surface area contributed by atoms with E-state index in [1.165, 1.54) is 6.92 Å². The van der Waals surface area contributed by atoms with E-state index in [4.69, 9.17) is 11.5 Å². The first kappa shape index (κ1) is 28.8. The van der Waals surface area contributed by atoms with E-state index in [0.29, 0.717) is 32.2 Å². The van der Waals surface area contributed by atoms with Crippen LogP contribution in [0, 0.1) is 11.8 Å². The number of carbonyl (C=O) groups is 4. The first-order chi connectivity index (χ1) is 14.5. The minimum Gasteiger partial charge on any atom is -0.480 e. The van der Waals surface area contributed by atoms with Crippen LogP contribution in [0.4, 0.5) is 0 Å². The number of carbonyl (C=O) groups excluding carboxylic acids is 3. The van der Waals surface area contributed by atoms with Crippen molar-refractivity contribution in [1.82, 2.24) is 16.0 Å². The van der Waals surface area contributed by atoms with Gasteiger partial charge >= 0.3 is 5.97 Å². The lowest BCUT2D eigenvalue weighted by atomic mass is 9.98. The zero-order valence-electron chi connectivity index (χ0n) is 19.4. The topological polar surface area (TPSA) is 177 Å². The average molecular weight is 444 g/mol. The van der Waals surface area contributed by atoms with Crippen molar-refractivity contribution < 1.29 is 24.3 Å². The molecule has 0 radical (unpaired) electrons. The predicted octanol–water partition coefficient (Wildman–Crippen LogP) is 0.0938. The van der Waals surface area contributed by atoms with Crippen LogP contribution in [0.3, 0.4) is 0 Å². The Morgan fingerprint density at radius 2 is 1.42 bits per heavy atom. The van der Waals surface area contributed by atoms with Crippen LogP contribution in [0.1, 0.15) is 66.7 Å². The molecule has 10 nitrogen and oxygen atoms in total. The summed E-state index contributed by atoms with van der Waals surface area (Å²) in [6, 6.07) is -3.64. The van der Waals surface area contributed by atoms with Gasteiger partial charge in [0.1, 0.15) is 18.1 Å². The van der Waals surface area contributed by atoms with Gasteiger partial charge in [-0.25, -0.2) is 4.79 Å². The second-order valence-electron chi connectivity index (χ2n) is 8.20. The molecular formula is C21H41N5O5. The van der Waals surface area contributed by atoms with Crippen molar-refractivity contribution in [3.63, 3.8) is 0 Å².